The zero-order valence-electron chi connectivity index (χ0n) is 9.78. The summed E-state index contributed by atoms with van der Waals surface area (Å²) >= 11 is 8.95. The summed E-state index contributed by atoms with van der Waals surface area (Å²) < 4.78 is 5.56. The summed E-state index contributed by atoms with van der Waals surface area (Å²) in [4.78, 5) is 21.9. The SMILES string of the molecule is C=C(CCNC(=O)Oc1ccc(Cl)cc1Br)C(=O)O. The zero-order chi connectivity index (χ0) is 14.4. The molecule has 0 heterocycles. The van der Waals surface area contributed by atoms with Gasteiger partial charge in [0.1, 0.15) is 5.75 Å². The number of carbonyl (C=O) groups is 2. The first kappa shape index (κ1) is 15.5. The molecule has 0 saturated carbocycles. The van der Waals surface area contributed by atoms with Crippen LogP contribution in [0.25, 0.3) is 0 Å². The molecule has 102 valence electrons. The third-order valence-corrected chi connectivity index (χ3v) is 2.95. The molecule has 0 spiro atoms. The highest BCUT2D eigenvalue weighted by Gasteiger charge is 2.09. The van der Waals surface area contributed by atoms with Gasteiger partial charge in [-0.15, -0.1) is 0 Å². The molecule has 0 aliphatic carbocycles. The molecule has 0 saturated heterocycles. The van der Waals surface area contributed by atoms with Crippen molar-refractivity contribution in [2.24, 2.45) is 0 Å². The minimum absolute atomic E-state index is 0.0213. The Hall–Kier alpha value is -1.53. The van der Waals surface area contributed by atoms with E-state index in [4.69, 9.17) is 21.4 Å². The highest BCUT2D eigenvalue weighted by atomic mass is 79.9. The smallest absolute Gasteiger partial charge is 0.412 e. The number of rotatable bonds is 5. The van der Waals surface area contributed by atoms with Gasteiger partial charge in [0.05, 0.1) is 4.47 Å². The Bertz CT molecular complexity index is 518. The molecule has 0 aliphatic heterocycles. The molecule has 0 bridgehead atoms. The van der Waals surface area contributed by atoms with Crippen molar-refractivity contribution >= 4 is 39.6 Å². The predicted octanol–water partition coefficient (Wildman–Crippen LogP) is 3.22. The van der Waals surface area contributed by atoms with Gasteiger partial charge >= 0.3 is 12.1 Å². The molecule has 0 fully saturated rings. The lowest BCUT2D eigenvalue weighted by atomic mass is 10.2. The lowest BCUT2D eigenvalue weighted by molar-refractivity contribution is -0.132. The summed E-state index contributed by atoms with van der Waals surface area (Å²) in [6.07, 6.45) is -0.534. The second kappa shape index (κ2) is 7.16. The first-order valence-electron chi connectivity index (χ1n) is 5.22. The molecule has 19 heavy (non-hydrogen) atoms. The molecule has 0 aromatic heterocycles. The van der Waals surface area contributed by atoms with Crippen LogP contribution in [0.15, 0.2) is 34.8 Å². The van der Waals surface area contributed by atoms with E-state index in [0.29, 0.717) is 15.2 Å². The van der Waals surface area contributed by atoms with Crippen molar-refractivity contribution in [2.45, 2.75) is 6.42 Å². The normalized spacial score (nSPS) is 9.79. The number of nitrogens with one attached hydrogen (secondary N) is 1. The Morgan fingerprint density at radius 1 is 1.47 bits per heavy atom. The van der Waals surface area contributed by atoms with E-state index in [9.17, 15) is 9.59 Å². The van der Waals surface area contributed by atoms with Gasteiger partial charge < -0.3 is 15.2 Å². The van der Waals surface area contributed by atoms with Crippen LogP contribution in [0.5, 0.6) is 5.75 Å². The van der Waals surface area contributed by atoms with E-state index >= 15 is 0 Å². The summed E-state index contributed by atoms with van der Waals surface area (Å²) in [7, 11) is 0. The van der Waals surface area contributed by atoms with Crippen molar-refractivity contribution < 1.29 is 19.4 Å². The van der Waals surface area contributed by atoms with E-state index in [0.717, 1.165) is 0 Å². The van der Waals surface area contributed by atoms with Crippen molar-refractivity contribution in [3.63, 3.8) is 0 Å². The highest BCUT2D eigenvalue weighted by molar-refractivity contribution is 9.10. The molecule has 0 unspecified atom stereocenters. The summed E-state index contributed by atoms with van der Waals surface area (Å²) in [5.74, 6) is -0.769. The van der Waals surface area contributed by atoms with Crippen LogP contribution < -0.4 is 10.1 Å². The van der Waals surface area contributed by atoms with Gasteiger partial charge in [0, 0.05) is 17.1 Å². The molecule has 1 rings (SSSR count). The predicted molar refractivity (Wildman–Crippen MR) is 74.6 cm³/mol. The maximum Gasteiger partial charge on any atom is 0.412 e. The fourth-order valence-corrected chi connectivity index (χ4v) is 1.88. The van der Waals surface area contributed by atoms with Crippen molar-refractivity contribution in [3.8, 4) is 5.75 Å². The van der Waals surface area contributed by atoms with Crippen LogP contribution in [0.4, 0.5) is 4.79 Å². The maximum atomic E-state index is 11.4. The molecule has 1 aromatic carbocycles. The minimum Gasteiger partial charge on any atom is -0.478 e. The molecule has 7 heteroatoms. The van der Waals surface area contributed by atoms with E-state index in [1.165, 1.54) is 0 Å². The molecule has 1 amide bonds. The third kappa shape index (κ3) is 5.32. The van der Waals surface area contributed by atoms with Gasteiger partial charge in [-0.2, -0.15) is 0 Å². The Balaban J connectivity index is 2.43. The topological polar surface area (TPSA) is 75.6 Å². The first-order valence-corrected chi connectivity index (χ1v) is 6.39. The van der Waals surface area contributed by atoms with E-state index < -0.39 is 12.1 Å². The molecule has 0 atom stereocenters. The lowest BCUT2D eigenvalue weighted by Crippen LogP contribution is -2.28. The molecule has 1 aromatic rings. The Morgan fingerprint density at radius 2 is 2.16 bits per heavy atom. The summed E-state index contributed by atoms with van der Waals surface area (Å²) in [5.41, 5.74) is 0.0213. The number of hydrogen-bond donors (Lipinski definition) is 2. The van der Waals surface area contributed by atoms with Crippen molar-refractivity contribution in [2.75, 3.05) is 6.54 Å². The number of carboxylic acids is 1. The van der Waals surface area contributed by atoms with Gasteiger partial charge in [-0.05, 0) is 40.5 Å². The second-order valence-electron chi connectivity index (χ2n) is 3.55. The van der Waals surface area contributed by atoms with Gasteiger partial charge in [-0.25, -0.2) is 9.59 Å². The Kier molecular flexibility index (Phi) is 5.85. The van der Waals surface area contributed by atoms with E-state index in [2.05, 4.69) is 27.8 Å². The third-order valence-electron chi connectivity index (χ3n) is 2.10. The van der Waals surface area contributed by atoms with Gasteiger partial charge in [-0.1, -0.05) is 18.2 Å². The van der Waals surface area contributed by atoms with E-state index in [1.54, 1.807) is 18.2 Å². The number of carbonyl (C=O) groups excluding carboxylic acids is 1. The van der Waals surface area contributed by atoms with E-state index in [1.807, 2.05) is 0 Å². The molecule has 0 radical (unpaired) electrons. The molecular weight excluding hydrogens is 337 g/mol. The fourth-order valence-electron chi connectivity index (χ4n) is 1.12. The van der Waals surface area contributed by atoms with Gasteiger partial charge in [0.15, 0.2) is 0 Å². The monoisotopic (exact) mass is 347 g/mol. The number of halogens is 2. The van der Waals surface area contributed by atoms with E-state index in [-0.39, 0.29) is 18.5 Å². The maximum absolute atomic E-state index is 11.4. The minimum atomic E-state index is -1.09. The highest BCUT2D eigenvalue weighted by Crippen LogP contribution is 2.27. The summed E-state index contributed by atoms with van der Waals surface area (Å²) in [6.45, 7) is 3.48. The molecule has 2 N–H and O–H groups in total. The molecule has 5 nitrogen and oxygen atoms in total. The van der Waals surface area contributed by atoms with Gasteiger partial charge in [0.25, 0.3) is 0 Å². The van der Waals surface area contributed by atoms with Crippen LogP contribution in [0.2, 0.25) is 5.02 Å². The van der Waals surface area contributed by atoms with Crippen molar-refractivity contribution in [1.82, 2.24) is 5.32 Å². The summed E-state index contributed by atoms with van der Waals surface area (Å²) in [5, 5.41) is 11.5. The number of benzene rings is 1. The second-order valence-corrected chi connectivity index (χ2v) is 4.84. The average molecular weight is 349 g/mol. The standard InChI is InChI=1S/C12H11BrClNO4/c1-7(11(16)17)4-5-15-12(18)19-10-3-2-8(14)6-9(10)13/h2-3,6H,1,4-5H2,(H,15,18)(H,16,17). The average Bonchev–Trinajstić information content (AvgIpc) is 2.32. The largest absolute Gasteiger partial charge is 0.478 e. The Labute approximate surface area is 123 Å². The van der Waals surface area contributed by atoms with Crippen LogP contribution in [0.1, 0.15) is 6.42 Å². The van der Waals surface area contributed by atoms with Crippen LogP contribution in [0.3, 0.4) is 0 Å². The number of ether oxygens (including phenoxy) is 1. The van der Waals surface area contributed by atoms with Crippen LogP contribution in [0, 0.1) is 0 Å². The quantitative estimate of drug-likeness (QED) is 0.801. The van der Waals surface area contributed by atoms with Crippen molar-refractivity contribution in [3.05, 3.63) is 39.8 Å². The number of hydrogen-bond acceptors (Lipinski definition) is 3. The number of amides is 1. The van der Waals surface area contributed by atoms with Crippen LogP contribution >= 0.6 is 27.5 Å². The Morgan fingerprint density at radius 3 is 2.74 bits per heavy atom. The number of aliphatic carboxylic acids is 1. The lowest BCUT2D eigenvalue weighted by Gasteiger charge is -2.08. The summed E-state index contributed by atoms with van der Waals surface area (Å²) in [6, 6.07) is 4.72. The first-order chi connectivity index (χ1) is 8.90. The zero-order valence-corrected chi connectivity index (χ0v) is 12.1. The van der Waals surface area contributed by atoms with Gasteiger partial charge in [-0.3, -0.25) is 0 Å². The fraction of sp³-hybridized carbons (Fsp3) is 0.167. The molecule has 0 aliphatic rings. The molecular formula is C12H11BrClNO4. The van der Waals surface area contributed by atoms with Crippen LogP contribution in [-0.4, -0.2) is 23.7 Å². The van der Waals surface area contributed by atoms with Crippen LogP contribution in [-0.2, 0) is 4.79 Å². The van der Waals surface area contributed by atoms with Crippen molar-refractivity contribution in [1.29, 1.82) is 0 Å². The number of carboxylic acid groups (broad SMARTS) is 1. The van der Waals surface area contributed by atoms with Gasteiger partial charge in [0.2, 0.25) is 0 Å².